The zero-order valence-corrected chi connectivity index (χ0v) is 10.0. The molecule has 0 aromatic heterocycles. The van der Waals surface area contributed by atoms with Crippen LogP contribution in [0.5, 0.6) is 11.5 Å². The van der Waals surface area contributed by atoms with E-state index in [0.29, 0.717) is 19.6 Å². The van der Waals surface area contributed by atoms with E-state index in [2.05, 4.69) is 6.07 Å². The van der Waals surface area contributed by atoms with Crippen molar-refractivity contribution in [2.24, 2.45) is 0 Å². The molecule has 1 aromatic rings. The van der Waals surface area contributed by atoms with Crippen LogP contribution in [-0.4, -0.2) is 27.4 Å². The van der Waals surface area contributed by atoms with Gasteiger partial charge in [-0.05, 0) is 17.7 Å². The number of rotatable bonds is 4. The number of nitrogens with zero attached hydrogens (tertiary/aromatic N) is 1. The lowest BCUT2D eigenvalue weighted by Gasteiger charge is -2.40. The van der Waals surface area contributed by atoms with Gasteiger partial charge in [-0.2, -0.15) is 5.26 Å². The fourth-order valence-electron chi connectivity index (χ4n) is 1.98. The van der Waals surface area contributed by atoms with Crippen LogP contribution in [0.25, 0.3) is 0 Å². The number of nitriles is 1. The molecule has 0 bridgehead atoms. The van der Waals surface area contributed by atoms with Gasteiger partial charge in [0, 0.05) is 12.5 Å². The minimum atomic E-state index is -0.198. The van der Waals surface area contributed by atoms with Crippen molar-refractivity contribution in [1.29, 1.82) is 5.26 Å². The van der Waals surface area contributed by atoms with Crippen molar-refractivity contribution in [3.8, 4) is 17.6 Å². The molecule has 0 unspecified atom stereocenters. The Hall–Kier alpha value is -1.73. The highest BCUT2D eigenvalue weighted by molar-refractivity contribution is 5.43. The number of ether oxygens (including phenoxy) is 3. The molecule has 1 aliphatic heterocycles. The summed E-state index contributed by atoms with van der Waals surface area (Å²) in [6.07, 6.45) is 0.448. The van der Waals surface area contributed by atoms with E-state index in [1.165, 1.54) is 0 Å². The Kier molecular flexibility index (Phi) is 3.21. The average molecular weight is 233 g/mol. The lowest BCUT2D eigenvalue weighted by molar-refractivity contribution is -0.0578. The van der Waals surface area contributed by atoms with Gasteiger partial charge in [-0.15, -0.1) is 0 Å². The first-order valence-electron chi connectivity index (χ1n) is 5.42. The molecular weight excluding hydrogens is 218 g/mol. The van der Waals surface area contributed by atoms with Gasteiger partial charge in [-0.1, -0.05) is 0 Å². The van der Waals surface area contributed by atoms with Crippen LogP contribution in [-0.2, 0) is 10.2 Å². The molecule has 0 N–H and O–H groups in total. The lowest BCUT2D eigenvalue weighted by Crippen LogP contribution is -2.46. The zero-order valence-electron chi connectivity index (χ0n) is 10.0. The predicted octanol–water partition coefficient (Wildman–Crippen LogP) is 1.89. The maximum absolute atomic E-state index is 8.91. The van der Waals surface area contributed by atoms with Gasteiger partial charge in [-0.3, -0.25) is 0 Å². The Morgan fingerprint density at radius 3 is 2.18 bits per heavy atom. The standard InChI is InChI=1S/C13H15NO3/c1-15-11-5-10(6-12(7-11)16-2)13(3-4-14)8-17-9-13/h5-7H,3,8-9H2,1-2H3. The van der Waals surface area contributed by atoms with Crippen LogP contribution < -0.4 is 9.47 Å². The third-order valence-electron chi connectivity index (χ3n) is 3.14. The monoisotopic (exact) mass is 233 g/mol. The molecule has 1 aliphatic rings. The predicted molar refractivity (Wildman–Crippen MR) is 62.3 cm³/mol. The Bertz CT molecular complexity index is 424. The molecule has 0 atom stereocenters. The van der Waals surface area contributed by atoms with Crippen molar-refractivity contribution in [1.82, 2.24) is 0 Å². The average Bonchev–Trinajstić information content (AvgIpc) is 2.33. The van der Waals surface area contributed by atoms with Gasteiger partial charge in [0.05, 0.1) is 38.9 Å². The summed E-state index contributed by atoms with van der Waals surface area (Å²) in [7, 11) is 3.24. The first kappa shape index (κ1) is 11.7. The summed E-state index contributed by atoms with van der Waals surface area (Å²) in [6.45, 7) is 1.16. The van der Waals surface area contributed by atoms with Crippen molar-refractivity contribution in [3.05, 3.63) is 23.8 Å². The van der Waals surface area contributed by atoms with Crippen molar-refractivity contribution < 1.29 is 14.2 Å². The summed E-state index contributed by atoms with van der Waals surface area (Å²) in [5, 5.41) is 8.91. The zero-order chi connectivity index (χ0) is 12.3. The van der Waals surface area contributed by atoms with Gasteiger partial charge >= 0.3 is 0 Å². The van der Waals surface area contributed by atoms with Gasteiger partial charge in [0.2, 0.25) is 0 Å². The molecule has 1 saturated heterocycles. The van der Waals surface area contributed by atoms with E-state index in [-0.39, 0.29) is 5.41 Å². The fourth-order valence-corrected chi connectivity index (χ4v) is 1.98. The Labute approximate surface area is 101 Å². The molecule has 1 heterocycles. The van der Waals surface area contributed by atoms with E-state index in [9.17, 15) is 0 Å². The van der Waals surface area contributed by atoms with Crippen molar-refractivity contribution >= 4 is 0 Å². The summed E-state index contributed by atoms with van der Waals surface area (Å²) in [5.41, 5.74) is 0.845. The minimum absolute atomic E-state index is 0.198. The summed E-state index contributed by atoms with van der Waals surface area (Å²) >= 11 is 0. The summed E-state index contributed by atoms with van der Waals surface area (Å²) in [4.78, 5) is 0. The highest BCUT2D eigenvalue weighted by atomic mass is 16.5. The molecule has 90 valence electrons. The SMILES string of the molecule is COc1cc(OC)cc(C2(CC#N)COC2)c1. The van der Waals surface area contributed by atoms with E-state index in [1.54, 1.807) is 14.2 Å². The second-order valence-corrected chi connectivity index (χ2v) is 4.21. The minimum Gasteiger partial charge on any atom is -0.497 e. The maximum atomic E-state index is 8.91. The number of hydrogen-bond acceptors (Lipinski definition) is 4. The van der Waals surface area contributed by atoms with Crippen molar-refractivity contribution in [2.75, 3.05) is 27.4 Å². The highest BCUT2D eigenvalue weighted by Crippen LogP contribution is 2.38. The third kappa shape index (κ3) is 2.06. The topological polar surface area (TPSA) is 51.5 Å². The first-order chi connectivity index (χ1) is 8.24. The number of methoxy groups -OCH3 is 2. The molecule has 2 rings (SSSR count). The Morgan fingerprint density at radius 1 is 1.24 bits per heavy atom. The second-order valence-electron chi connectivity index (χ2n) is 4.21. The third-order valence-corrected chi connectivity index (χ3v) is 3.14. The largest absolute Gasteiger partial charge is 0.497 e. The van der Waals surface area contributed by atoms with Gasteiger partial charge in [0.25, 0.3) is 0 Å². The molecular formula is C13H15NO3. The Morgan fingerprint density at radius 2 is 1.82 bits per heavy atom. The van der Waals surface area contributed by atoms with Gasteiger partial charge < -0.3 is 14.2 Å². The van der Waals surface area contributed by atoms with E-state index in [0.717, 1.165) is 17.1 Å². The lowest BCUT2D eigenvalue weighted by atomic mass is 9.76. The van der Waals surface area contributed by atoms with Crippen molar-refractivity contribution in [2.45, 2.75) is 11.8 Å². The number of benzene rings is 1. The molecule has 4 nitrogen and oxygen atoms in total. The van der Waals surface area contributed by atoms with Crippen LogP contribution in [0.15, 0.2) is 18.2 Å². The number of hydrogen-bond donors (Lipinski definition) is 0. The fraction of sp³-hybridized carbons (Fsp3) is 0.462. The van der Waals surface area contributed by atoms with E-state index in [4.69, 9.17) is 19.5 Å². The van der Waals surface area contributed by atoms with Crippen molar-refractivity contribution in [3.63, 3.8) is 0 Å². The molecule has 1 fully saturated rings. The maximum Gasteiger partial charge on any atom is 0.122 e. The highest BCUT2D eigenvalue weighted by Gasteiger charge is 2.40. The van der Waals surface area contributed by atoms with Crippen LogP contribution in [0.3, 0.4) is 0 Å². The van der Waals surface area contributed by atoms with Crippen LogP contribution >= 0.6 is 0 Å². The van der Waals surface area contributed by atoms with Crippen LogP contribution in [0, 0.1) is 11.3 Å². The molecule has 0 amide bonds. The smallest absolute Gasteiger partial charge is 0.122 e. The molecule has 17 heavy (non-hydrogen) atoms. The van der Waals surface area contributed by atoms with Gasteiger partial charge in [0.15, 0.2) is 0 Å². The molecule has 0 saturated carbocycles. The summed E-state index contributed by atoms with van der Waals surface area (Å²) in [5.74, 6) is 1.48. The van der Waals surface area contributed by atoms with E-state index in [1.807, 2.05) is 18.2 Å². The molecule has 1 aromatic carbocycles. The van der Waals surface area contributed by atoms with E-state index >= 15 is 0 Å². The second kappa shape index (κ2) is 4.64. The molecule has 4 heteroatoms. The molecule has 0 spiro atoms. The first-order valence-corrected chi connectivity index (χ1v) is 5.42. The van der Waals surface area contributed by atoms with Gasteiger partial charge in [-0.25, -0.2) is 0 Å². The Balaban J connectivity index is 2.40. The quantitative estimate of drug-likeness (QED) is 0.796. The summed E-state index contributed by atoms with van der Waals surface area (Å²) < 4.78 is 15.7. The van der Waals surface area contributed by atoms with Crippen LogP contribution in [0.1, 0.15) is 12.0 Å². The normalized spacial score (nSPS) is 16.8. The van der Waals surface area contributed by atoms with Crippen LogP contribution in [0.2, 0.25) is 0 Å². The summed E-state index contributed by atoms with van der Waals surface area (Å²) in [6, 6.07) is 7.94. The molecule has 0 radical (unpaired) electrons. The van der Waals surface area contributed by atoms with Crippen LogP contribution in [0.4, 0.5) is 0 Å². The van der Waals surface area contributed by atoms with Gasteiger partial charge in [0.1, 0.15) is 11.5 Å². The van der Waals surface area contributed by atoms with E-state index < -0.39 is 0 Å². The molecule has 0 aliphatic carbocycles.